The normalized spacial score (nSPS) is 49.7. The molecule has 4 rings (SSSR count). The van der Waals surface area contributed by atoms with E-state index >= 15 is 4.39 Å². The molecule has 3 unspecified atom stereocenters. The maximum atomic E-state index is 15.2. The molecular weight excluding hydrogens is 331 g/mol. The van der Waals surface area contributed by atoms with Crippen molar-refractivity contribution in [3.05, 3.63) is 0 Å². The molecule has 0 aromatic rings. The average Bonchev–Trinajstić information content (AvgIpc) is 2.69. The number of hydrogen-bond acceptors (Lipinski definition) is 0. The van der Waals surface area contributed by atoms with Crippen LogP contribution in [0.25, 0.3) is 0 Å². The van der Waals surface area contributed by atoms with Crippen molar-refractivity contribution in [2.45, 2.75) is 116 Å². The summed E-state index contributed by atoms with van der Waals surface area (Å²) >= 11 is 0. The predicted octanol–water partition coefficient (Wildman–Crippen LogP) is 8.20. The summed E-state index contributed by atoms with van der Waals surface area (Å²) in [6, 6.07) is 0. The van der Waals surface area contributed by atoms with Crippen LogP contribution in [0.4, 0.5) is 4.39 Å². The number of rotatable bonds is 3. The number of hydrogen-bond donors (Lipinski definition) is 0. The second-order valence-electron chi connectivity index (χ2n) is 11.5. The second kappa shape index (κ2) is 9.17. The van der Waals surface area contributed by atoms with Crippen molar-refractivity contribution < 1.29 is 4.39 Å². The van der Waals surface area contributed by atoms with E-state index in [9.17, 15) is 0 Å². The molecule has 0 amide bonds. The van der Waals surface area contributed by atoms with Crippen LogP contribution in [0.2, 0.25) is 0 Å². The van der Waals surface area contributed by atoms with E-state index in [1.54, 1.807) is 0 Å². The first-order valence-electron chi connectivity index (χ1n) is 12.7. The summed E-state index contributed by atoms with van der Waals surface area (Å²) in [5.74, 6) is 6.56. The molecule has 27 heavy (non-hydrogen) atoms. The van der Waals surface area contributed by atoms with Crippen LogP contribution >= 0.6 is 0 Å². The van der Waals surface area contributed by atoms with Gasteiger partial charge in [0.25, 0.3) is 0 Å². The third-order valence-electron chi connectivity index (χ3n) is 9.74. The molecule has 0 aromatic carbocycles. The van der Waals surface area contributed by atoms with Crippen molar-refractivity contribution in [3.8, 4) is 0 Å². The summed E-state index contributed by atoms with van der Waals surface area (Å²) < 4.78 is 15.2. The maximum absolute atomic E-state index is 15.2. The van der Waals surface area contributed by atoms with Gasteiger partial charge in [0.2, 0.25) is 0 Å². The second-order valence-corrected chi connectivity index (χ2v) is 11.5. The monoisotopic (exact) mass is 376 g/mol. The lowest BCUT2D eigenvalue weighted by Crippen LogP contribution is -2.37. The summed E-state index contributed by atoms with van der Waals surface area (Å²) in [7, 11) is 0. The van der Waals surface area contributed by atoms with Crippen molar-refractivity contribution >= 4 is 0 Å². The van der Waals surface area contributed by atoms with Gasteiger partial charge < -0.3 is 0 Å². The molecule has 0 saturated heterocycles. The summed E-state index contributed by atoms with van der Waals surface area (Å²) in [6.07, 6.45) is 19.9. The van der Waals surface area contributed by atoms with Gasteiger partial charge in [-0.25, -0.2) is 4.39 Å². The van der Waals surface area contributed by atoms with Gasteiger partial charge in [0.05, 0.1) is 0 Å². The highest BCUT2D eigenvalue weighted by Crippen LogP contribution is 2.48. The van der Waals surface area contributed by atoms with Gasteiger partial charge in [0.1, 0.15) is 6.17 Å². The zero-order valence-electron chi connectivity index (χ0n) is 18.2. The molecule has 4 fully saturated rings. The van der Waals surface area contributed by atoms with Crippen LogP contribution in [-0.4, -0.2) is 6.17 Å². The van der Waals surface area contributed by atoms with E-state index in [0.717, 1.165) is 36.0 Å². The number of alkyl halides is 1. The molecule has 0 aliphatic heterocycles. The molecule has 0 nitrogen and oxygen atoms in total. The van der Waals surface area contributed by atoms with E-state index in [2.05, 4.69) is 13.8 Å². The SMILES string of the molecule is CC1CCC(C2CCC(C3CCC(C4CCC(C)CC4)CC3F)CC2)CC1. The maximum Gasteiger partial charge on any atom is 0.103 e. The fraction of sp³-hybridized carbons (Fsp3) is 1.00. The van der Waals surface area contributed by atoms with Gasteiger partial charge in [0, 0.05) is 0 Å². The van der Waals surface area contributed by atoms with Crippen LogP contribution < -0.4 is 0 Å². The summed E-state index contributed by atoms with van der Waals surface area (Å²) in [6.45, 7) is 4.83. The van der Waals surface area contributed by atoms with Gasteiger partial charge in [-0.15, -0.1) is 0 Å². The van der Waals surface area contributed by atoms with Crippen molar-refractivity contribution in [1.29, 1.82) is 0 Å². The molecule has 0 radical (unpaired) electrons. The molecule has 4 aliphatic rings. The lowest BCUT2D eigenvalue weighted by atomic mass is 9.62. The lowest BCUT2D eigenvalue weighted by molar-refractivity contribution is 0.0273. The zero-order valence-corrected chi connectivity index (χ0v) is 18.2. The van der Waals surface area contributed by atoms with E-state index in [4.69, 9.17) is 0 Å². The fourth-order valence-corrected chi connectivity index (χ4v) is 7.69. The quantitative estimate of drug-likeness (QED) is 0.465. The minimum atomic E-state index is -0.486. The highest BCUT2D eigenvalue weighted by atomic mass is 19.1. The Kier molecular flexibility index (Phi) is 6.86. The fourth-order valence-electron chi connectivity index (χ4n) is 7.69. The van der Waals surface area contributed by atoms with Gasteiger partial charge in [-0.05, 0) is 118 Å². The largest absolute Gasteiger partial charge is 0.247 e. The first-order chi connectivity index (χ1) is 13.1. The lowest BCUT2D eigenvalue weighted by Gasteiger charge is -2.44. The first-order valence-corrected chi connectivity index (χ1v) is 12.7. The molecule has 0 bridgehead atoms. The Morgan fingerprint density at radius 2 is 0.815 bits per heavy atom. The molecular formula is C26H45F. The van der Waals surface area contributed by atoms with Crippen molar-refractivity contribution in [2.24, 2.45) is 47.3 Å². The first kappa shape index (κ1) is 20.2. The van der Waals surface area contributed by atoms with Crippen molar-refractivity contribution in [1.82, 2.24) is 0 Å². The topological polar surface area (TPSA) is 0 Å². The van der Waals surface area contributed by atoms with E-state index in [-0.39, 0.29) is 0 Å². The molecule has 0 spiro atoms. The van der Waals surface area contributed by atoms with E-state index in [0.29, 0.717) is 17.8 Å². The Morgan fingerprint density at radius 1 is 0.444 bits per heavy atom. The van der Waals surface area contributed by atoms with E-state index < -0.39 is 6.17 Å². The van der Waals surface area contributed by atoms with Crippen LogP contribution in [0.15, 0.2) is 0 Å². The standard InChI is InChI=1S/C26H45F/c1-18-3-7-20(8-4-18)21-11-13-23(14-12-21)25-16-15-24(17-26(25)27)22-9-5-19(2)6-10-22/h18-26H,3-17H2,1-2H3. The molecule has 0 aromatic heterocycles. The smallest absolute Gasteiger partial charge is 0.103 e. The molecule has 4 aliphatic carbocycles. The Balaban J connectivity index is 1.22. The molecule has 4 saturated carbocycles. The van der Waals surface area contributed by atoms with Crippen molar-refractivity contribution in [3.63, 3.8) is 0 Å². The average molecular weight is 377 g/mol. The highest BCUT2D eigenvalue weighted by Gasteiger charge is 2.40. The summed E-state index contributed by atoms with van der Waals surface area (Å²) in [4.78, 5) is 0. The van der Waals surface area contributed by atoms with Crippen LogP contribution in [0.3, 0.4) is 0 Å². The van der Waals surface area contributed by atoms with E-state index in [1.807, 2.05) is 0 Å². The van der Waals surface area contributed by atoms with Gasteiger partial charge in [-0.3, -0.25) is 0 Å². The predicted molar refractivity (Wildman–Crippen MR) is 113 cm³/mol. The van der Waals surface area contributed by atoms with Crippen LogP contribution in [0.1, 0.15) is 110 Å². The highest BCUT2D eigenvalue weighted by molar-refractivity contribution is 4.91. The zero-order chi connectivity index (χ0) is 18.8. The number of halogens is 1. The Morgan fingerprint density at radius 3 is 1.30 bits per heavy atom. The van der Waals surface area contributed by atoms with Gasteiger partial charge in [-0.1, -0.05) is 39.5 Å². The molecule has 0 N–H and O–H groups in total. The third kappa shape index (κ3) is 4.92. The Bertz CT molecular complexity index is 435. The summed E-state index contributed by atoms with van der Waals surface area (Å²) in [5, 5.41) is 0. The van der Waals surface area contributed by atoms with Crippen LogP contribution in [0, 0.1) is 47.3 Å². The van der Waals surface area contributed by atoms with Gasteiger partial charge >= 0.3 is 0 Å². The molecule has 156 valence electrons. The summed E-state index contributed by atoms with van der Waals surface area (Å²) in [5.41, 5.74) is 0. The van der Waals surface area contributed by atoms with Gasteiger partial charge in [-0.2, -0.15) is 0 Å². The molecule has 0 heterocycles. The minimum absolute atomic E-state index is 0.413. The van der Waals surface area contributed by atoms with Crippen LogP contribution in [-0.2, 0) is 0 Å². The van der Waals surface area contributed by atoms with E-state index in [1.165, 1.54) is 89.9 Å². The third-order valence-corrected chi connectivity index (χ3v) is 9.74. The Hall–Kier alpha value is -0.0700. The van der Waals surface area contributed by atoms with Gasteiger partial charge in [0.15, 0.2) is 0 Å². The molecule has 3 atom stereocenters. The van der Waals surface area contributed by atoms with Crippen LogP contribution in [0.5, 0.6) is 0 Å². The Labute approximate surface area is 168 Å². The molecule has 1 heteroatoms. The minimum Gasteiger partial charge on any atom is -0.247 e. The van der Waals surface area contributed by atoms with Crippen molar-refractivity contribution in [2.75, 3.05) is 0 Å².